The zero-order chi connectivity index (χ0) is 9.84. The number of ketones is 1. The van der Waals surface area contributed by atoms with Crippen LogP contribution in [0.2, 0.25) is 0 Å². The number of hydrogen-bond donors (Lipinski definition) is 1. The Balaban J connectivity index is 2.55. The summed E-state index contributed by atoms with van der Waals surface area (Å²) < 4.78 is 0. The van der Waals surface area contributed by atoms with Gasteiger partial charge in [-0.25, -0.2) is 0 Å². The van der Waals surface area contributed by atoms with Crippen molar-refractivity contribution in [2.75, 3.05) is 0 Å². The number of rotatable bonds is 0. The molecule has 3 unspecified atom stereocenters. The minimum absolute atomic E-state index is 0.0428. The summed E-state index contributed by atoms with van der Waals surface area (Å²) in [5.74, 6) is 0.984. The topological polar surface area (TPSA) is 37.3 Å². The van der Waals surface area contributed by atoms with Gasteiger partial charge in [-0.05, 0) is 18.3 Å². The van der Waals surface area contributed by atoms with Crippen LogP contribution in [0.4, 0.5) is 0 Å². The Morgan fingerprint density at radius 3 is 2.54 bits per heavy atom. The van der Waals surface area contributed by atoms with E-state index in [1.165, 1.54) is 6.42 Å². The van der Waals surface area contributed by atoms with Crippen LogP contribution < -0.4 is 0 Å². The summed E-state index contributed by atoms with van der Waals surface area (Å²) in [6.45, 7) is 4.22. The van der Waals surface area contributed by atoms with Gasteiger partial charge >= 0.3 is 0 Å². The summed E-state index contributed by atoms with van der Waals surface area (Å²) in [5, 5.41) is 9.55. The Bertz CT molecular complexity index is 177. The third kappa shape index (κ3) is 3.47. The van der Waals surface area contributed by atoms with E-state index in [-0.39, 0.29) is 5.78 Å². The maximum atomic E-state index is 11.4. The number of aliphatic hydroxyl groups is 1. The maximum absolute atomic E-state index is 11.4. The summed E-state index contributed by atoms with van der Waals surface area (Å²) in [4.78, 5) is 11.4. The molecule has 1 N–H and O–H groups in total. The standard InChI is InChI=1S/C11H20O2/c1-8-4-3-5-9(2)7-11(13)10(12)6-8/h8-10,12H,3-7H2,1-2H3. The van der Waals surface area contributed by atoms with Crippen molar-refractivity contribution < 1.29 is 9.90 Å². The fraction of sp³-hybridized carbons (Fsp3) is 0.909. The highest BCUT2D eigenvalue weighted by molar-refractivity contribution is 5.82. The van der Waals surface area contributed by atoms with E-state index < -0.39 is 6.10 Å². The molecule has 0 aliphatic heterocycles. The normalized spacial score (nSPS) is 37.8. The van der Waals surface area contributed by atoms with Gasteiger partial charge in [-0.2, -0.15) is 0 Å². The van der Waals surface area contributed by atoms with Gasteiger partial charge in [0.15, 0.2) is 5.78 Å². The molecule has 1 aliphatic carbocycles. The lowest BCUT2D eigenvalue weighted by Crippen LogP contribution is -2.23. The molecular weight excluding hydrogens is 164 g/mol. The van der Waals surface area contributed by atoms with E-state index in [0.29, 0.717) is 24.7 Å². The van der Waals surface area contributed by atoms with Gasteiger partial charge in [0, 0.05) is 6.42 Å². The number of carbonyl (C=O) groups is 1. The van der Waals surface area contributed by atoms with Crippen molar-refractivity contribution in [1.82, 2.24) is 0 Å². The Morgan fingerprint density at radius 1 is 1.23 bits per heavy atom. The molecule has 1 fully saturated rings. The van der Waals surface area contributed by atoms with Crippen LogP contribution in [0.5, 0.6) is 0 Å². The van der Waals surface area contributed by atoms with Crippen LogP contribution in [-0.4, -0.2) is 17.0 Å². The summed E-state index contributed by atoms with van der Waals surface area (Å²) in [5.41, 5.74) is 0. The number of Topliss-reactive ketones (excluding diaryl/α,β-unsaturated/α-hetero) is 1. The molecule has 0 aromatic rings. The minimum Gasteiger partial charge on any atom is -0.385 e. The third-order valence-electron chi connectivity index (χ3n) is 2.94. The van der Waals surface area contributed by atoms with Crippen molar-refractivity contribution in [2.45, 2.75) is 52.1 Å². The lowest BCUT2D eigenvalue weighted by Gasteiger charge is -2.13. The van der Waals surface area contributed by atoms with E-state index in [1.54, 1.807) is 0 Å². The molecule has 0 amide bonds. The number of aliphatic hydroxyl groups excluding tert-OH is 1. The number of carbonyl (C=O) groups excluding carboxylic acids is 1. The van der Waals surface area contributed by atoms with Crippen LogP contribution in [0, 0.1) is 11.8 Å². The second kappa shape index (κ2) is 4.75. The third-order valence-corrected chi connectivity index (χ3v) is 2.94. The van der Waals surface area contributed by atoms with Crippen LogP contribution in [0.25, 0.3) is 0 Å². The van der Waals surface area contributed by atoms with Gasteiger partial charge < -0.3 is 5.11 Å². The van der Waals surface area contributed by atoms with Gasteiger partial charge in [0.2, 0.25) is 0 Å². The number of hydrogen-bond acceptors (Lipinski definition) is 2. The zero-order valence-electron chi connectivity index (χ0n) is 8.62. The molecule has 1 saturated carbocycles. The highest BCUT2D eigenvalue weighted by Crippen LogP contribution is 2.23. The first-order valence-electron chi connectivity index (χ1n) is 5.30. The van der Waals surface area contributed by atoms with Crippen LogP contribution >= 0.6 is 0 Å². The molecule has 13 heavy (non-hydrogen) atoms. The van der Waals surface area contributed by atoms with E-state index in [1.807, 2.05) is 0 Å². The fourth-order valence-electron chi connectivity index (χ4n) is 2.03. The monoisotopic (exact) mass is 184 g/mol. The summed E-state index contributed by atoms with van der Waals surface area (Å²) >= 11 is 0. The Morgan fingerprint density at radius 2 is 1.85 bits per heavy atom. The first-order valence-corrected chi connectivity index (χ1v) is 5.30. The van der Waals surface area contributed by atoms with Crippen LogP contribution in [-0.2, 0) is 4.79 Å². The second-order valence-electron chi connectivity index (χ2n) is 4.56. The summed E-state index contributed by atoms with van der Waals surface area (Å²) in [6.07, 6.45) is 4.00. The first-order chi connectivity index (χ1) is 6.09. The average molecular weight is 184 g/mol. The lowest BCUT2D eigenvalue weighted by molar-refractivity contribution is -0.128. The molecule has 0 spiro atoms. The summed E-state index contributed by atoms with van der Waals surface area (Å²) in [7, 11) is 0. The van der Waals surface area contributed by atoms with Crippen LogP contribution in [0.3, 0.4) is 0 Å². The fourth-order valence-corrected chi connectivity index (χ4v) is 2.03. The second-order valence-corrected chi connectivity index (χ2v) is 4.56. The largest absolute Gasteiger partial charge is 0.385 e. The molecule has 1 rings (SSSR count). The average Bonchev–Trinajstić information content (AvgIpc) is 2.06. The highest BCUT2D eigenvalue weighted by Gasteiger charge is 2.22. The van der Waals surface area contributed by atoms with Crippen molar-refractivity contribution in [2.24, 2.45) is 11.8 Å². The van der Waals surface area contributed by atoms with Gasteiger partial charge in [0.1, 0.15) is 6.10 Å². The molecule has 0 saturated heterocycles. The lowest BCUT2D eigenvalue weighted by atomic mass is 9.97. The predicted octanol–water partition coefficient (Wildman–Crippen LogP) is 2.15. The van der Waals surface area contributed by atoms with Crippen molar-refractivity contribution in [3.05, 3.63) is 0 Å². The highest BCUT2D eigenvalue weighted by atomic mass is 16.3. The SMILES string of the molecule is CC1CCCC(C)CC(O)C(=O)C1. The van der Waals surface area contributed by atoms with E-state index in [4.69, 9.17) is 0 Å². The minimum atomic E-state index is -0.699. The van der Waals surface area contributed by atoms with Crippen molar-refractivity contribution >= 4 is 5.78 Å². The van der Waals surface area contributed by atoms with E-state index >= 15 is 0 Å². The summed E-state index contributed by atoms with van der Waals surface area (Å²) in [6, 6.07) is 0. The van der Waals surface area contributed by atoms with E-state index in [2.05, 4.69) is 13.8 Å². The van der Waals surface area contributed by atoms with Crippen molar-refractivity contribution in [1.29, 1.82) is 0 Å². The Labute approximate surface area is 80.3 Å². The Kier molecular flexibility index (Phi) is 3.91. The smallest absolute Gasteiger partial charge is 0.161 e. The molecule has 0 aromatic heterocycles. The molecule has 3 atom stereocenters. The maximum Gasteiger partial charge on any atom is 0.161 e. The van der Waals surface area contributed by atoms with Gasteiger partial charge in [-0.3, -0.25) is 4.79 Å². The predicted molar refractivity (Wildman–Crippen MR) is 52.4 cm³/mol. The van der Waals surface area contributed by atoms with Gasteiger partial charge in [-0.1, -0.05) is 33.1 Å². The van der Waals surface area contributed by atoms with Gasteiger partial charge in [0.25, 0.3) is 0 Å². The zero-order valence-corrected chi connectivity index (χ0v) is 8.62. The van der Waals surface area contributed by atoms with Gasteiger partial charge in [0.05, 0.1) is 0 Å². The Hall–Kier alpha value is -0.370. The van der Waals surface area contributed by atoms with Gasteiger partial charge in [-0.15, -0.1) is 0 Å². The first kappa shape index (κ1) is 10.7. The van der Waals surface area contributed by atoms with Crippen molar-refractivity contribution in [3.8, 4) is 0 Å². The molecule has 0 heterocycles. The molecule has 0 bridgehead atoms. The molecule has 76 valence electrons. The molecule has 1 aliphatic rings. The van der Waals surface area contributed by atoms with Crippen molar-refractivity contribution in [3.63, 3.8) is 0 Å². The van der Waals surface area contributed by atoms with Crippen LogP contribution in [0.15, 0.2) is 0 Å². The molecule has 2 heteroatoms. The van der Waals surface area contributed by atoms with Crippen LogP contribution in [0.1, 0.15) is 46.0 Å². The molecule has 0 radical (unpaired) electrons. The van der Waals surface area contributed by atoms with E-state index in [0.717, 1.165) is 12.8 Å². The molecule has 0 aromatic carbocycles. The quantitative estimate of drug-likeness (QED) is 0.626. The molecule has 2 nitrogen and oxygen atoms in total. The molecular formula is C11H20O2. The van der Waals surface area contributed by atoms with E-state index in [9.17, 15) is 9.90 Å².